The quantitative estimate of drug-likeness (QED) is 0.0311. The summed E-state index contributed by atoms with van der Waals surface area (Å²) in [6, 6.07) is 3.93. The van der Waals surface area contributed by atoms with E-state index in [-0.39, 0.29) is 95.4 Å². The van der Waals surface area contributed by atoms with Gasteiger partial charge in [-0.25, -0.2) is 4.79 Å². The monoisotopic (exact) mass is 1580 g/mol. The number of hydrogen-bond donors (Lipinski definition) is 8. The van der Waals surface area contributed by atoms with Gasteiger partial charge in [-0.3, -0.25) is 33.6 Å². The fourth-order valence-corrected chi connectivity index (χ4v) is 19.1. The van der Waals surface area contributed by atoms with Crippen LogP contribution in [0.15, 0.2) is 102 Å². The number of amides is 2. The van der Waals surface area contributed by atoms with Gasteiger partial charge in [-0.05, 0) is 206 Å². The van der Waals surface area contributed by atoms with Crippen molar-refractivity contribution in [2.75, 3.05) is 41.6 Å². The lowest BCUT2D eigenvalue weighted by atomic mass is 9.46. The van der Waals surface area contributed by atoms with Crippen LogP contribution in [0.2, 0.25) is 0 Å². The highest BCUT2D eigenvalue weighted by molar-refractivity contribution is 6.39. The molecule has 0 unspecified atom stereocenters. The van der Waals surface area contributed by atoms with E-state index in [9.17, 15) is 74.1 Å². The summed E-state index contributed by atoms with van der Waals surface area (Å²) in [5.74, 6) is -7.02. The predicted molar refractivity (Wildman–Crippen MR) is 429 cm³/mol. The third-order valence-corrected chi connectivity index (χ3v) is 26.0. The SMILES string of the molecule is CO[C@H]1C[C@@H]2CC[C@@H](C)[C@@](O)(O2)C(=O)C(=O)N2CCCC[C@H]2C(=O)O[C@H]([C@H](C)C[C@@H]2CC[C@@H](O)[C@H](OC)C2)CC(=O)[C@H](C)/C=C(\C)[C@@H](O)[C@@H](OC)C(=O)[C@H](C)C[C@H](C)/C=C/C=CC=C1C.COc1cc(CNC(=O)CCCC/C=C/C(C)C)ccc1O.C[C@]12C=CC(=O)C=C1CC[C@@H]1[C@@H]2[C@@H](O)C[C@@]2(C)[C@H]1CC[C@]2(O)C(=O)CO. The van der Waals surface area contributed by atoms with Gasteiger partial charge in [0.05, 0.1) is 37.6 Å². The first-order valence-corrected chi connectivity index (χ1v) is 41.4. The summed E-state index contributed by atoms with van der Waals surface area (Å²) >= 11 is 0. The number of methoxy groups -OCH3 is 4. The normalized spacial score (nSPS) is 36.1. The number of phenolic OH excluding ortho intramolecular Hbond substituents is 1. The zero-order valence-electron chi connectivity index (χ0n) is 69.8. The van der Waals surface area contributed by atoms with Crippen molar-refractivity contribution in [1.82, 2.24) is 10.2 Å². The molecule has 3 heterocycles. The summed E-state index contributed by atoms with van der Waals surface area (Å²) < 4.78 is 34.4. The maximum atomic E-state index is 14.4. The lowest BCUT2D eigenvalue weighted by molar-refractivity contribution is -0.265. The molecule has 630 valence electrons. The molecule has 0 radical (unpaired) electrons. The number of benzene rings is 1. The van der Waals surface area contributed by atoms with E-state index in [1.54, 1.807) is 71.4 Å². The number of ether oxygens (including phenoxy) is 6. The number of allylic oxidation sites excluding steroid dienone is 12. The second kappa shape index (κ2) is 42.5. The van der Waals surface area contributed by atoms with Gasteiger partial charge in [0.1, 0.15) is 42.3 Å². The van der Waals surface area contributed by atoms with Gasteiger partial charge in [0, 0.05) is 88.2 Å². The number of aromatic hydroxyl groups is 1. The second-order valence-electron chi connectivity index (χ2n) is 34.5. The third kappa shape index (κ3) is 23.4. The summed E-state index contributed by atoms with van der Waals surface area (Å²) in [5, 5.41) is 77.9. The number of aliphatic hydroxyl groups excluding tert-OH is 4. The van der Waals surface area contributed by atoms with E-state index >= 15 is 0 Å². The number of cyclic esters (lactones) is 1. The van der Waals surface area contributed by atoms with E-state index in [0.29, 0.717) is 101 Å². The number of piperidine rings is 1. The first-order chi connectivity index (χ1) is 53.4. The zero-order valence-corrected chi connectivity index (χ0v) is 69.8. The first-order valence-electron chi connectivity index (χ1n) is 41.4. The molecule has 3 aliphatic heterocycles. The molecule has 0 aromatic heterocycles. The molecule has 1 aromatic carbocycles. The maximum Gasteiger partial charge on any atom is 0.329 e. The van der Waals surface area contributed by atoms with Gasteiger partial charge in [-0.15, -0.1) is 0 Å². The van der Waals surface area contributed by atoms with Crippen molar-refractivity contribution in [2.45, 2.75) is 284 Å². The van der Waals surface area contributed by atoms with E-state index in [0.717, 1.165) is 61.7 Å². The molecule has 1 aromatic rings. The molecule has 4 saturated carbocycles. The molecule has 22 atom stereocenters. The molecule has 8 aliphatic rings. The number of esters is 1. The van der Waals surface area contributed by atoms with Crippen LogP contribution in [0.1, 0.15) is 217 Å². The van der Waals surface area contributed by atoms with Crippen molar-refractivity contribution < 1.29 is 103 Å². The van der Waals surface area contributed by atoms with Crippen LogP contribution in [0, 0.1) is 70.0 Å². The van der Waals surface area contributed by atoms with Crippen molar-refractivity contribution in [1.29, 1.82) is 0 Å². The highest BCUT2D eigenvalue weighted by atomic mass is 16.6. The van der Waals surface area contributed by atoms with Crippen molar-refractivity contribution >= 4 is 46.7 Å². The van der Waals surface area contributed by atoms with Crippen LogP contribution in [0.4, 0.5) is 0 Å². The zero-order chi connectivity index (χ0) is 83.4. The van der Waals surface area contributed by atoms with E-state index in [1.807, 2.05) is 71.1 Å². The van der Waals surface area contributed by atoms with Crippen LogP contribution >= 0.6 is 0 Å². The van der Waals surface area contributed by atoms with E-state index < -0.39 is 113 Å². The number of unbranched alkanes of at least 4 members (excludes halogenated alkanes) is 2. The molecule has 113 heavy (non-hydrogen) atoms. The van der Waals surface area contributed by atoms with Gasteiger partial charge in [0.15, 0.2) is 28.8 Å². The third-order valence-electron chi connectivity index (χ3n) is 26.0. The lowest BCUT2D eigenvalue weighted by Gasteiger charge is -2.59. The molecule has 2 saturated heterocycles. The van der Waals surface area contributed by atoms with Gasteiger partial charge in [0.2, 0.25) is 11.7 Å². The smallest absolute Gasteiger partial charge is 0.329 e. The molecule has 23 heteroatoms. The van der Waals surface area contributed by atoms with E-state index in [2.05, 4.69) is 38.2 Å². The number of ketones is 5. The minimum absolute atomic E-state index is 0.00912. The number of carbonyl (C=O) groups is 8. The van der Waals surface area contributed by atoms with Crippen molar-refractivity contribution in [3.63, 3.8) is 0 Å². The number of nitrogens with zero attached hydrogens (tertiary/aromatic N) is 1. The van der Waals surface area contributed by atoms with Gasteiger partial charge < -0.3 is 74.4 Å². The number of aliphatic hydroxyl groups is 6. The van der Waals surface area contributed by atoms with Gasteiger partial charge in [0.25, 0.3) is 11.7 Å². The Balaban J connectivity index is 0.000000296. The fourth-order valence-electron chi connectivity index (χ4n) is 19.1. The number of fused-ring (bicyclic) bond motifs is 8. The Morgan fingerprint density at radius 2 is 1.56 bits per heavy atom. The van der Waals surface area contributed by atoms with Crippen LogP contribution in [0.25, 0.3) is 0 Å². The maximum absolute atomic E-state index is 14.4. The Hall–Kier alpha value is -6.64. The number of rotatable bonds is 17. The molecule has 23 nitrogen and oxygen atoms in total. The molecular formula is C90H134N2O21. The summed E-state index contributed by atoms with van der Waals surface area (Å²) in [7, 11) is 6.03. The molecule has 6 fully saturated rings. The summed E-state index contributed by atoms with van der Waals surface area (Å²) in [6.07, 6.45) is 26.7. The Morgan fingerprint density at radius 1 is 0.823 bits per heavy atom. The van der Waals surface area contributed by atoms with E-state index in [4.69, 9.17) is 28.4 Å². The average Bonchev–Trinajstić information content (AvgIpc) is 1.60. The minimum Gasteiger partial charge on any atom is -0.504 e. The topological polar surface area (TPSA) is 349 Å². The second-order valence-corrected chi connectivity index (χ2v) is 34.5. The molecule has 0 spiro atoms. The number of nitrogens with one attached hydrogen (secondary N) is 1. The van der Waals surface area contributed by atoms with Gasteiger partial charge >= 0.3 is 5.97 Å². The Kier molecular flexibility index (Phi) is 35.2. The highest BCUT2D eigenvalue weighted by Gasteiger charge is 2.68. The Bertz CT molecular complexity index is 3650. The Labute approximate surface area is 670 Å². The summed E-state index contributed by atoms with van der Waals surface area (Å²) in [6.45, 7) is 20.8. The molecule has 2 bridgehead atoms. The lowest BCUT2D eigenvalue weighted by Crippen LogP contribution is -2.61. The number of Topliss-reactive ketones (excluding diaryl/α,β-unsaturated/α-hetero) is 4. The van der Waals surface area contributed by atoms with E-state index in [1.165, 1.54) is 19.1 Å². The van der Waals surface area contributed by atoms with Crippen molar-refractivity contribution in [2.24, 2.45) is 70.0 Å². The Morgan fingerprint density at radius 3 is 2.24 bits per heavy atom. The summed E-state index contributed by atoms with van der Waals surface area (Å²) in [5.41, 5.74) is 0.630. The average molecular weight is 1580 g/mol. The van der Waals surface area contributed by atoms with Crippen LogP contribution in [-0.2, 0) is 68.6 Å². The largest absolute Gasteiger partial charge is 0.504 e. The highest BCUT2D eigenvalue weighted by Crippen LogP contribution is 2.67. The van der Waals surface area contributed by atoms with Crippen LogP contribution in [0.3, 0.4) is 0 Å². The van der Waals surface area contributed by atoms with Gasteiger partial charge in [-0.2, -0.15) is 0 Å². The number of phenols is 1. The molecule has 9 rings (SSSR count). The van der Waals surface area contributed by atoms with Crippen LogP contribution in [0.5, 0.6) is 11.5 Å². The standard InChI is InChI=1S/C51H79NO13.C21H28O5.C18H27NO3/c1-30-16-12-11-13-17-31(2)42(61-8)28-38-21-19-36(7)51(60,65-38)48(57)49(58)52-23-15-14-18-39(52)50(59)64-43(33(4)26-37-20-22-40(53)44(27-37)62-9)29-41(54)32(3)25-35(6)46(56)47(63-10)45(55)34(5)24-30;1-19-7-5-13(23)9-12(19)3-4-14-15-6-8-21(26,17(25)11-22)20(15,2)10-16(24)18(14)19;1-14(2)8-6-4-5-7-9-18(21)19-13-15-10-11-16(20)17(12-15)22-3/h11-13,16-17,25,30,32-34,36-40,42-44,46-47,53,56,60H,14-15,18-24,26-29H2,1-10H3;5,7,9,14-16,18,22,24,26H,3-4,6,8,10-11H2,1-2H3;6,8,10-12,14,20H,4-5,7,9,13H2,1-3H3,(H,19,21)/b13-11?,16-12+,31-17?,35-25+;;8-6+/t30-,32-,33-,34-,36-,37+,38+,39+,40-,42+,43+,44-,46-,47+,51-;14-,15-,16-,18+,19-,20-,21-;/m10./s1. The first kappa shape index (κ1) is 93.5. The summed E-state index contributed by atoms with van der Waals surface area (Å²) in [4.78, 5) is 108. The van der Waals surface area contributed by atoms with Crippen molar-refractivity contribution in [3.05, 3.63) is 107 Å². The minimum atomic E-state index is -2.43. The molecule has 8 N–H and O–H groups in total. The van der Waals surface area contributed by atoms with Crippen LogP contribution < -0.4 is 10.1 Å². The van der Waals surface area contributed by atoms with Crippen LogP contribution in [-0.4, -0.2) is 195 Å². The fraction of sp³-hybridized carbons (Fsp3) is 0.689. The van der Waals surface area contributed by atoms with Crippen molar-refractivity contribution in [3.8, 4) is 11.5 Å². The molecule has 2 amide bonds. The number of carbonyl (C=O) groups excluding carboxylic acids is 8. The molecular weight excluding hydrogens is 1440 g/mol. The predicted octanol–water partition coefficient (Wildman–Crippen LogP) is 11.5. The van der Waals surface area contributed by atoms with Gasteiger partial charge in [-0.1, -0.05) is 129 Å². The molecule has 5 aliphatic carbocycles. The number of hydrogen-bond acceptors (Lipinski definition) is 21.